The third-order valence-corrected chi connectivity index (χ3v) is 3.42. The van der Waals surface area contributed by atoms with Gasteiger partial charge in [-0.3, -0.25) is 0 Å². The van der Waals surface area contributed by atoms with E-state index in [1.165, 1.54) is 12.5 Å². The molecule has 2 rings (SSSR count). The van der Waals surface area contributed by atoms with Gasteiger partial charge in [0.2, 0.25) is 0 Å². The van der Waals surface area contributed by atoms with Gasteiger partial charge in [-0.1, -0.05) is 19.1 Å². The van der Waals surface area contributed by atoms with Crippen molar-refractivity contribution < 1.29 is 4.39 Å². The zero-order valence-corrected chi connectivity index (χ0v) is 10.8. The number of piperidine rings is 1. The molecular formula is C13H17FN2S. The first-order valence-corrected chi connectivity index (χ1v) is 6.38. The van der Waals surface area contributed by atoms with Crippen LogP contribution in [0.25, 0.3) is 0 Å². The standard InChI is InChI=1S/C13H17FN2S/c1-10-5-4-8-16(9-10)13(17)15-12-7-3-2-6-11(12)14/h2-3,6-7,10H,4-5,8-9H2,1H3,(H,15,17). The molecular weight excluding hydrogens is 235 g/mol. The van der Waals surface area contributed by atoms with E-state index in [0.717, 1.165) is 19.5 Å². The Morgan fingerprint density at radius 2 is 2.24 bits per heavy atom. The zero-order valence-electron chi connectivity index (χ0n) is 9.95. The lowest BCUT2D eigenvalue weighted by molar-refractivity contribution is 0.276. The van der Waals surface area contributed by atoms with Crippen molar-refractivity contribution in [1.29, 1.82) is 0 Å². The third kappa shape index (κ3) is 3.16. The monoisotopic (exact) mass is 252 g/mol. The molecule has 4 heteroatoms. The minimum atomic E-state index is -0.264. The molecule has 0 bridgehead atoms. The van der Waals surface area contributed by atoms with Gasteiger partial charge in [-0.2, -0.15) is 0 Å². The predicted octanol–water partition coefficient (Wildman–Crippen LogP) is 3.25. The van der Waals surface area contributed by atoms with Crippen LogP contribution in [0.2, 0.25) is 0 Å². The van der Waals surface area contributed by atoms with Crippen molar-refractivity contribution in [1.82, 2.24) is 4.90 Å². The van der Waals surface area contributed by atoms with Crippen LogP contribution in [-0.2, 0) is 0 Å². The maximum absolute atomic E-state index is 13.5. The van der Waals surface area contributed by atoms with Gasteiger partial charge in [-0.05, 0) is 43.1 Å². The van der Waals surface area contributed by atoms with E-state index in [2.05, 4.69) is 17.1 Å². The van der Waals surface area contributed by atoms with Gasteiger partial charge in [-0.15, -0.1) is 0 Å². The van der Waals surface area contributed by atoms with Crippen LogP contribution in [0.15, 0.2) is 24.3 Å². The van der Waals surface area contributed by atoms with Crippen molar-refractivity contribution in [3.63, 3.8) is 0 Å². The number of halogens is 1. The number of likely N-dealkylation sites (tertiary alicyclic amines) is 1. The Hall–Kier alpha value is -1.16. The van der Waals surface area contributed by atoms with E-state index in [1.807, 2.05) is 0 Å². The highest BCUT2D eigenvalue weighted by atomic mass is 32.1. The second kappa shape index (κ2) is 5.45. The largest absolute Gasteiger partial charge is 0.349 e. The van der Waals surface area contributed by atoms with Crippen LogP contribution in [0, 0.1) is 11.7 Å². The van der Waals surface area contributed by atoms with Crippen LogP contribution < -0.4 is 5.32 Å². The van der Waals surface area contributed by atoms with E-state index >= 15 is 0 Å². The minimum Gasteiger partial charge on any atom is -0.349 e. The highest BCUT2D eigenvalue weighted by Gasteiger charge is 2.18. The van der Waals surface area contributed by atoms with Gasteiger partial charge in [-0.25, -0.2) is 4.39 Å². The van der Waals surface area contributed by atoms with Gasteiger partial charge in [0, 0.05) is 13.1 Å². The number of rotatable bonds is 1. The summed E-state index contributed by atoms with van der Waals surface area (Å²) in [5.74, 6) is 0.393. The molecule has 1 saturated heterocycles. The summed E-state index contributed by atoms with van der Waals surface area (Å²) < 4.78 is 13.5. The molecule has 1 aliphatic rings. The van der Waals surface area contributed by atoms with Crippen LogP contribution in [0.4, 0.5) is 10.1 Å². The zero-order chi connectivity index (χ0) is 12.3. The SMILES string of the molecule is CC1CCCN(C(=S)Nc2ccccc2F)C1. The lowest BCUT2D eigenvalue weighted by atomic mass is 10.0. The summed E-state index contributed by atoms with van der Waals surface area (Å²) in [7, 11) is 0. The molecule has 1 aromatic rings. The Kier molecular flexibility index (Phi) is 3.94. The maximum Gasteiger partial charge on any atom is 0.173 e. The Balaban J connectivity index is 1.99. The number of nitrogens with one attached hydrogen (secondary N) is 1. The second-order valence-electron chi connectivity index (χ2n) is 4.60. The van der Waals surface area contributed by atoms with E-state index in [-0.39, 0.29) is 5.82 Å². The van der Waals surface area contributed by atoms with Crippen molar-refractivity contribution >= 4 is 23.0 Å². The summed E-state index contributed by atoms with van der Waals surface area (Å²) in [5.41, 5.74) is 0.454. The van der Waals surface area contributed by atoms with Crippen LogP contribution in [-0.4, -0.2) is 23.1 Å². The molecule has 0 saturated carbocycles. The molecule has 1 atom stereocenters. The molecule has 0 aromatic heterocycles. The lowest BCUT2D eigenvalue weighted by Gasteiger charge is -2.33. The van der Waals surface area contributed by atoms with Gasteiger partial charge in [0.25, 0.3) is 0 Å². The summed E-state index contributed by atoms with van der Waals surface area (Å²) in [6, 6.07) is 6.61. The molecule has 17 heavy (non-hydrogen) atoms. The fourth-order valence-electron chi connectivity index (χ4n) is 2.13. The Labute approximate surface area is 107 Å². The number of thiocarbonyl (C=S) groups is 1. The molecule has 0 radical (unpaired) electrons. The summed E-state index contributed by atoms with van der Waals surface area (Å²) in [4.78, 5) is 2.12. The van der Waals surface area contributed by atoms with Gasteiger partial charge >= 0.3 is 0 Å². The number of hydrogen-bond acceptors (Lipinski definition) is 1. The van der Waals surface area contributed by atoms with Crippen molar-refractivity contribution in [3.8, 4) is 0 Å². The lowest BCUT2D eigenvalue weighted by Crippen LogP contribution is -2.41. The van der Waals surface area contributed by atoms with Crippen molar-refractivity contribution in [2.75, 3.05) is 18.4 Å². The number of benzene rings is 1. The molecule has 0 aliphatic carbocycles. The molecule has 1 fully saturated rings. The molecule has 0 spiro atoms. The van der Waals surface area contributed by atoms with Crippen LogP contribution >= 0.6 is 12.2 Å². The fraction of sp³-hybridized carbons (Fsp3) is 0.462. The van der Waals surface area contributed by atoms with Crippen LogP contribution in [0.5, 0.6) is 0 Å². The van der Waals surface area contributed by atoms with Gasteiger partial charge in [0.1, 0.15) is 5.82 Å². The molecule has 2 nitrogen and oxygen atoms in total. The average Bonchev–Trinajstić information content (AvgIpc) is 2.32. The summed E-state index contributed by atoms with van der Waals surface area (Å²) in [5, 5.41) is 3.61. The minimum absolute atomic E-state index is 0.264. The summed E-state index contributed by atoms with van der Waals surface area (Å²) in [6.45, 7) is 4.14. The highest BCUT2D eigenvalue weighted by Crippen LogP contribution is 2.18. The highest BCUT2D eigenvalue weighted by molar-refractivity contribution is 7.80. The van der Waals surface area contributed by atoms with Crippen LogP contribution in [0.3, 0.4) is 0 Å². The predicted molar refractivity (Wildman–Crippen MR) is 72.6 cm³/mol. The quantitative estimate of drug-likeness (QED) is 0.772. The van der Waals surface area contributed by atoms with Gasteiger partial charge in [0.15, 0.2) is 5.11 Å². The van der Waals surface area contributed by atoms with Gasteiger partial charge < -0.3 is 10.2 Å². The molecule has 1 N–H and O–H groups in total. The smallest absolute Gasteiger partial charge is 0.173 e. The first-order valence-electron chi connectivity index (χ1n) is 5.97. The molecule has 1 aliphatic heterocycles. The Morgan fingerprint density at radius 1 is 1.47 bits per heavy atom. The van der Waals surface area contributed by atoms with E-state index in [0.29, 0.717) is 16.7 Å². The molecule has 1 heterocycles. The third-order valence-electron chi connectivity index (χ3n) is 3.06. The summed E-state index contributed by atoms with van der Waals surface area (Å²) >= 11 is 5.32. The van der Waals surface area contributed by atoms with Crippen LogP contribution in [0.1, 0.15) is 19.8 Å². The topological polar surface area (TPSA) is 15.3 Å². The molecule has 0 amide bonds. The number of anilines is 1. The average molecular weight is 252 g/mol. The van der Waals surface area contributed by atoms with Crippen molar-refractivity contribution in [2.24, 2.45) is 5.92 Å². The van der Waals surface area contributed by atoms with Crippen molar-refractivity contribution in [2.45, 2.75) is 19.8 Å². The fourth-order valence-corrected chi connectivity index (χ4v) is 2.41. The number of nitrogens with zero attached hydrogens (tertiary/aromatic N) is 1. The van der Waals surface area contributed by atoms with Crippen molar-refractivity contribution in [3.05, 3.63) is 30.1 Å². The van der Waals surface area contributed by atoms with E-state index < -0.39 is 0 Å². The second-order valence-corrected chi connectivity index (χ2v) is 4.99. The Morgan fingerprint density at radius 3 is 2.94 bits per heavy atom. The van der Waals surface area contributed by atoms with E-state index in [4.69, 9.17) is 12.2 Å². The Bertz CT molecular complexity index is 408. The maximum atomic E-state index is 13.5. The molecule has 92 valence electrons. The first-order chi connectivity index (χ1) is 8.16. The number of para-hydroxylation sites is 1. The molecule has 1 aromatic carbocycles. The number of hydrogen-bond donors (Lipinski definition) is 1. The van der Waals surface area contributed by atoms with E-state index in [9.17, 15) is 4.39 Å². The van der Waals surface area contributed by atoms with E-state index in [1.54, 1.807) is 18.2 Å². The normalized spacial score (nSPS) is 20.1. The first kappa shape index (κ1) is 12.3. The van der Waals surface area contributed by atoms with Gasteiger partial charge in [0.05, 0.1) is 5.69 Å². The summed E-state index contributed by atoms with van der Waals surface area (Å²) in [6.07, 6.45) is 2.40. The molecule has 1 unspecified atom stereocenters.